The van der Waals surface area contributed by atoms with Gasteiger partial charge in [0, 0.05) is 5.56 Å². The highest BCUT2D eigenvalue weighted by molar-refractivity contribution is 5.95. The van der Waals surface area contributed by atoms with Gasteiger partial charge in [-0.2, -0.15) is 13.2 Å². The number of carbonyl (C=O) groups is 1. The molecule has 1 heterocycles. The van der Waals surface area contributed by atoms with Gasteiger partial charge in [0.15, 0.2) is 0 Å². The summed E-state index contributed by atoms with van der Waals surface area (Å²) < 4.78 is 38.7. The molecule has 138 valence electrons. The van der Waals surface area contributed by atoms with Crippen molar-refractivity contribution in [3.63, 3.8) is 0 Å². The molecule has 0 aliphatic rings. The zero-order chi connectivity index (χ0) is 19.6. The SMILES string of the molecule is Cc1ccc(Nc2cccc(-c3cccc(C(F)(F)F)c3)n2)c(C(=O)O)c1. The first-order valence-electron chi connectivity index (χ1n) is 8.00. The van der Waals surface area contributed by atoms with Gasteiger partial charge in [-0.15, -0.1) is 0 Å². The summed E-state index contributed by atoms with van der Waals surface area (Å²) in [6.07, 6.45) is -4.44. The Bertz CT molecular complexity index is 1000. The molecule has 1 aromatic heterocycles. The van der Waals surface area contributed by atoms with Gasteiger partial charge in [0.2, 0.25) is 0 Å². The number of carboxylic acids is 1. The van der Waals surface area contributed by atoms with Crippen LogP contribution in [0.25, 0.3) is 11.3 Å². The van der Waals surface area contributed by atoms with Gasteiger partial charge < -0.3 is 10.4 Å². The molecule has 0 saturated carbocycles. The third-order valence-electron chi connectivity index (χ3n) is 3.90. The molecule has 3 rings (SSSR count). The third kappa shape index (κ3) is 4.25. The van der Waals surface area contributed by atoms with Crippen molar-refractivity contribution in [3.05, 3.63) is 77.4 Å². The van der Waals surface area contributed by atoms with Crippen LogP contribution in [0.1, 0.15) is 21.5 Å². The molecule has 0 radical (unpaired) electrons. The fraction of sp³-hybridized carbons (Fsp3) is 0.100. The number of aryl methyl sites for hydroxylation is 1. The molecule has 0 aliphatic carbocycles. The van der Waals surface area contributed by atoms with Gasteiger partial charge in [-0.1, -0.05) is 29.8 Å². The van der Waals surface area contributed by atoms with Gasteiger partial charge in [-0.25, -0.2) is 9.78 Å². The lowest BCUT2D eigenvalue weighted by molar-refractivity contribution is -0.137. The molecule has 0 bridgehead atoms. The number of nitrogens with zero attached hydrogens (tertiary/aromatic N) is 1. The van der Waals surface area contributed by atoms with Crippen LogP contribution < -0.4 is 5.32 Å². The van der Waals surface area contributed by atoms with Crippen LogP contribution in [-0.2, 0) is 6.18 Å². The Labute approximate surface area is 153 Å². The van der Waals surface area contributed by atoms with E-state index >= 15 is 0 Å². The number of alkyl halides is 3. The van der Waals surface area contributed by atoms with Gasteiger partial charge in [-0.05, 0) is 43.3 Å². The fourth-order valence-corrected chi connectivity index (χ4v) is 2.60. The van der Waals surface area contributed by atoms with Crippen molar-refractivity contribution in [1.29, 1.82) is 0 Å². The van der Waals surface area contributed by atoms with E-state index in [1.807, 2.05) is 0 Å². The van der Waals surface area contributed by atoms with Gasteiger partial charge in [0.05, 0.1) is 22.5 Å². The van der Waals surface area contributed by atoms with E-state index in [0.29, 0.717) is 22.8 Å². The summed E-state index contributed by atoms with van der Waals surface area (Å²) in [6, 6.07) is 14.6. The number of nitrogens with one attached hydrogen (secondary N) is 1. The molecule has 0 aliphatic heterocycles. The average molecular weight is 372 g/mol. The minimum atomic E-state index is -4.44. The molecule has 4 nitrogen and oxygen atoms in total. The largest absolute Gasteiger partial charge is 0.478 e. The molecule has 0 fully saturated rings. The monoisotopic (exact) mass is 372 g/mol. The second kappa shape index (κ2) is 7.11. The second-order valence-corrected chi connectivity index (χ2v) is 5.97. The number of aromatic carboxylic acids is 1. The summed E-state index contributed by atoms with van der Waals surface area (Å²) in [6.45, 7) is 1.78. The summed E-state index contributed by atoms with van der Waals surface area (Å²) in [7, 11) is 0. The number of halogens is 3. The number of hydrogen-bond acceptors (Lipinski definition) is 3. The summed E-state index contributed by atoms with van der Waals surface area (Å²) in [4.78, 5) is 15.7. The number of pyridine rings is 1. The summed E-state index contributed by atoms with van der Waals surface area (Å²) in [5.74, 6) is -0.758. The van der Waals surface area contributed by atoms with Crippen molar-refractivity contribution in [1.82, 2.24) is 4.98 Å². The summed E-state index contributed by atoms with van der Waals surface area (Å²) in [5, 5.41) is 12.3. The standard InChI is InChI=1S/C20H15F3N2O2/c1-12-8-9-17(15(10-12)19(26)27)25-18-7-3-6-16(24-18)13-4-2-5-14(11-13)20(21,22)23/h2-11H,1H3,(H,24,25)(H,26,27). The molecule has 7 heteroatoms. The van der Waals surface area contributed by atoms with Crippen molar-refractivity contribution >= 4 is 17.5 Å². The van der Waals surface area contributed by atoms with E-state index in [1.54, 1.807) is 37.3 Å². The van der Waals surface area contributed by atoms with Crippen LogP contribution in [0.2, 0.25) is 0 Å². The molecule has 0 amide bonds. The van der Waals surface area contributed by atoms with E-state index in [0.717, 1.165) is 17.7 Å². The zero-order valence-corrected chi connectivity index (χ0v) is 14.2. The van der Waals surface area contributed by atoms with Gasteiger partial charge in [-0.3, -0.25) is 0 Å². The Morgan fingerprint density at radius 1 is 1.04 bits per heavy atom. The van der Waals surface area contributed by atoms with Gasteiger partial charge >= 0.3 is 12.1 Å². The Morgan fingerprint density at radius 2 is 1.78 bits per heavy atom. The van der Waals surface area contributed by atoms with E-state index in [4.69, 9.17) is 0 Å². The first-order chi connectivity index (χ1) is 12.7. The minimum absolute atomic E-state index is 0.0845. The number of benzene rings is 2. The highest BCUT2D eigenvalue weighted by atomic mass is 19.4. The van der Waals surface area contributed by atoms with Gasteiger partial charge in [0.1, 0.15) is 5.82 Å². The first-order valence-corrected chi connectivity index (χ1v) is 8.00. The van der Waals surface area contributed by atoms with Crippen molar-refractivity contribution in [2.45, 2.75) is 13.1 Å². The van der Waals surface area contributed by atoms with Gasteiger partial charge in [0.25, 0.3) is 0 Å². The van der Waals surface area contributed by atoms with Crippen molar-refractivity contribution in [2.24, 2.45) is 0 Å². The lowest BCUT2D eigenvalue weighted by Gasteiger charge is -2.12. The molecule has 0 spiro atoms. The normalized spacial score (nSPS) is 11.3. The van der Waals surface area contributed by atoms with E-state index in [-0.39, 0.29) is 5.56 Å². The van der Waals surface area contributed by atoms with Crippen LogP contribution in [0.15, 0.2) is 60.7 Å². The predicted molar refractivity (Wildman–Crippen MR) is 96.1 cm³/mol. The highest BCUT2D eigenvalue weighted by Gasteiger charge is 2.30. The quantitative estimate of drug-likeness (QED) is 0.633. The molecule has 27 heavy (non-hydrogen) atoms. The topological polar surface area (TPSA) is 62.2 Å². The van der Waals surface area contributed by atoms with Crippen LogP contribution in [0.5, 0.6) is 0 Å². The Balaban J connectivity index is 1.95. The second-order valence-electron chi connectivity index (χ2n) is 5.97. The molecule has 2 aromatic carbocycles. The first kappa shape index (κ1) is 18.4. The van der Waals surface area contributed by atoms with Crippen LogP contribution >= 0.6 is 0 Å². The molecule has 3 aromatic rings. The molecular formula is C20H15F3N2O2. The van der Waals surface area contributed by atoms with Crippen molar-refractivity contribution in [3.8, 4) is 11.3 Å². The van der Waals surface area contributed by atoms with Crippen LogP contribution in [0.4, 0.5) is 24.7 Å². The van der Waals surface area contributed by atoms with Crippen LogP contribution in [-0.4, -0.2) is 16.1 Å². The number of anilines is 2. The maximum atomic E-state index is 12.9. The average Bonchev–Trinajstić information content (AvgIpc) is 2.63. The molecule has 0 unspecified atom stereocenters. The number of rotatable bonds is 4. The molecule has 0 atom stereocenters. The third-order valence-corrected chi connectivity index (χ3v) is 3.90. The zero-order valence-electron chi connectivity index (χ0n) is 14.2. The van der Waals surface area contributed by atoms with E-state index in [9.17, 15) is 23.1 Å². The minimum Gasteiger partial charge on any atom is -0.478 e. The number of hydrogen-bond donors (Lipinski definition) is 2. The van der Waals surface area contributed by atoms with E-state index in [1.165, 1.54) is 18.2 Å². The highest BCUT2D eigenvalue weighted by Crippen LogP contribution is 2.32. The van der Waals surface area contributed by atoms with Crippen molar-refractivity contribution in [2.75, 3.05) is 5.32 Å². The van der Waals surface area contributed by atoms with Crippen molar-refractivity contribution < 1.29 is 23.1 Å². The molecular weight excluding hydrogens is 357 g/mol. The Morgan fingerprint density at radius 3 is 2.48 bits per heavy atom. The van der Waals surface area contributed by atoms with Crippen LogP contribution in [0.3, 0.4) is 0 Å². The van der Waals surface area contributed by atoms with Crippen LogP contribution in [0, 0.1) is 6.92 Å². The van der Waals surface area contributed by atoms with E-state index in [2.05, 4.69) is 10.3 Å². The Hall–Kier alpha value is -3.35. The van der Waals surface area contributed by atoms with E-state index < -0.39 is 17.7 Å². The summed E-state index contributed by atoms with van der Waals surface area (Å²) >= 11 is 0. The molecule has 2 N–H and O–H groups in total. The lowest BCUT2D eigenvalue weighted by atomic mass is 10.1. The smallest absolute Gasteiger partial charge is 0.416 e. The fourth-order valence-electron chi connectivity index (χ4n) is 2.60. The summed E-state index contributed by atoms with van der Waals surface area (Å²) in [5.41, 5.74) is 1.13. The number of carboxylic acid groups (broad SMARTS) is 1. The maximum Gasteiger partial charge on any atom is 0.416 e. The number of aromatic nitrogens is 1. The molecule has 0 saturated heterocycles. The predicted octanol–water partition coefficient (Wildman–Crippen LogP) is 5.52. The Kier molecular flexibility index (Phi) is 4.85. The lowest BCUT2D eigenvalue weighted by Crippen LogP contribution is -2.05. The maximum absolute atomic E-state index is 12.9.